The van der Waals surface area contributed by atoms with Crippen LogP contribution in [0.3, 0.4) is 0 Å². The first kappa shape index (κ1) is 10.7. The maximum atomic E-state index is 9.43. The summed E-state index contributed by atoms with van der Waals surface area (Å²) < 4.78 is 0. The number of rotatable bonds is 4. The smallest absolute Gasteiger partial charge is 0.0628 e. The first-order valence-electron chi connectivity index (χ1n) is 5.75. The highest BCUT2D eigenvalue weighted by molar-refractivity contribution is 5.19. The topological polar surface area (TPSA) is 23.5 Å². The second-order valence-electron chi connectivity index (χ2n) is 4.34. The average molecular weight is 205 g/mol. The summed E-state index contributed by atoms with van der Waals surface area (Å²) in [5.41, 5.74) is 1.23. The third kappa shape index (κ3) is 2.21. The number of nitrogens with zero attached hydrogens (tertiary/aromatic N) is 1. The SMILES string of the molecule is CCC1CN(C(CO)c2ccccc2)C1. The molecule has 1 aliphatic rings. The fraction of sp³-hybridized carbons (Fsp3) is 0.538. The van der Waals surface area contributed by atoms with Crippen LogP contribution >= 0.6 is 0 Å². The molecule has 1 fully saturated rings. The molecule has 82 valence electrons. The molecule has 1 N–H and O–H groups in total. The number of benzene rings is 1. The Morgan fingerprint density at radius 3 is 2.53 bits per heavy atom. The highest BCUT2D eigenvalue weighted by Gasteiger charge is 2.31. The summed E-state index contributed by atoms with van der Waals surface area (Å²) in [6.07, 6.45) is 1.25. The molecule has 15 heavy (non-hydrogen) atoms. The lowest BCUT2D eigenvalue weighted by Gasteiger charge is -2.43. The van der Waals surface area contributed by atoms with Gasteiger partial charge in [0, 0.05) is 13.1 Å². The van der Waals surface area contributed by atoms with Gasteiger partial charge in [-0.2, -0.15) is 0 Å². The lowest BCUT2D eigenvalue weighted by atomic mass is 9.93. The lowest BCUT2D eigenvalue weighted by molar-refractivity contribution is 0.0217. The third-order valence-corrected chi connectivity index (χ3v) is 3.36. The molecule has 0 aromatic heterocycles. The van der Waals surface area contributed by atoms with Crippen molar-refractivity contribution in [3.8, 4) is 0 Å². The number of aliphatic hydroxyl groups is 1. The zero-order valence-electron chi connectivity index (χ0n) is 9.26. The van der Waals surface area contributed by atoms with Crippen molar-refractivity contribution in [2.75, 3.05) is 19.7 Å². The summed E-state index contributed by atoms with van der Waals surface area (Å²) in [6, 6.07) is 10.5. The van der Waals surface area contributed by atoms with Crippen LogP contribution in [0.2, 0.25) is 0 Å². The van der Waals surface area contributed by atoms with E-state index in [1.807, 2.05) is 18.2 Å². The van der Waals surface area contributed by atoms with Gasteiger partial charge in [-0.05, 0) is 11.5 Å². The van der Waals surface area contributed by atoms with Crippen molar-refractivity contribution in [3.05, 3.63) is 35.9 Å². The van der Waals surface area contributed by atoms with Gasteiger partial charge >= 0.3 is 0 Å². The van der Waals surface area contributed by atoms with E-state index >= 15 is 0 Å². The molecule has 1 unspecified atom stereocenters. The Morgan fingerprint density at radius 1 is 1.33 bits per heavy atom. The Balaban J connectivity index is 2.00. The Labute approximate surface area is 91.5 Å². The Kier molecular flexibility index (Phi) is 3.39. The van der Waals surface area contributed by atoms with Gasteiger partial charge in [-0.25, -0.2) is 0 Å². The molecule has 0 bridgehead atoms. The monoisotopic (exact) mass is 205 g/mol. The molecule has 0 amide bonds. The summed E-state index contributed by atoms with van der Waals surface area (Å²) in [5, 5.41) is 9.43. The molecule has 0 aliphatic carbocycles. The van der Waals surface area contributed by atoms with Crippen LogP contribution < -0.4 is 0 Å². The molecule has 0 saturated carbocycles. The lowest BCUT2D eigenvalue weighted by Crippen LogP contribution is -2.49. The molecule has 2 heteroatoms. The number of likely N-dealkylation sites (tertiary alicyclic amines) is 1. The third-order valence-electron chi connectivity index (χ3n) is 3.36. The van der Waals surface area contributed by atoms with Crippen LogP contribution in [0.1, 0.15) is 24.9 Å². The molecule has 2 rings (SSSR count). The fourth-order valence-corrected chi connectivity index (χ4v) is 2.23. The molecule has 1 aromatic rings. The molecule has 1 aliphatic heterocycles. The maximum Gasteiger partial charge on any atom is 0.0628 e. The second kappa shape index (κ2) is 4.77. The maximum absolute atomic E-state index is 9.43. The number of aliphatic hydroxyl groups excluding tert-OH is 1. The van der Waals surface area contributed by atoms with Gasteiger partial charge in [0.05, 0.1) is 12.6 Å². The van der Waals surface area contributed by atoms with Crippen molar-refractivity contribution in [1.29, 1.82) is 0 Å². The zero-order chi connectivity index (χ0) is 10.7. The Morgan fingerprint density at radius 2 is 2.00 bits per heavy atom. The van der Waals surface area contributed by atoms with Crippen molar-refractivity contribution < 1.29 is 5.11 Å². The standard InChI is InChI=1S/C13H19NO/c1-2-11-8-14(9-11)13(10-15)12-6-4-3-5-7-12/h3-7,11,13,15H,2,8-10H2,1H3. The minimum Gasteiger partial charge on any atom is -0.394 e. The van der Waals surface area contributed by atoms with Gasteiger partial charge in [-0.1, -0.05) is 43.7 Å². The number of hydrogen-bond donors (Lipinski definition) is 1. The van der Waals surface area contributed by atoms with Crippen LogP contribution in [0.25, 0.3) is 0 Å². The predicted molar refractivity (Wildman–Crippen MR) is 61.6 cm³/mol. The molecule has 2 nitrogen and oxygen atoms in total. The van der Waals surface area contributed by atoms with E-state index in [1.54, 1.807) is 0 Å². The van der Waals surface area contributed by atoms with E-state index in [2.05, 4.69) is 24.0 Å². The van der Waals surface area contributed by atoms with Crippen LogP contribution in [0.5, 0.6) is 0 Å². The van der Waals surface area contributed by atoms with Crippen LogP contribution in [-0.4, -0.2) is 29.7 Å². The van der Waals surface area contributed by atoms with Crippen molar-refractivity contribution in [1.82, 2.24) is 4.90 Å². The van der Waals surface area contributed by atoms with Crippen molar-refractivity contribution in [2.24, 2.45) is 5.92 Å². The zero-order valence-corrected chi connectivity index (χ0v) is 9.26. The van der Waals surface area contributed by atoms with Crippen LogP contribution in [0, 0.1) is 5.92 Å². The van der Waals surface area contributed by atoms with E-state index < -0.39 is 0 Å². The summed E-state index contributed by atoms with van der Waals surface area (Å²) >= 11 is 0. The fourth-order valence-electron chi connectivity index (χ4n) is 2.23. The van der Waals surface area contributed by atoms with Gasteiger partial charge in [0.2, 0.25) is 0 Å². The van der Waals surface area contributed by atoms with Gasteiger partial charge < -0.3 is 5.11 Å². The van der Waals surface area contributed by atoms with Crippen molar-refractivity contribution >= 4 is 0 Å². The van der Waals surface area contributed by atoms with Gasteiger partial charge in [0.1, 0.15) is 0 Å². The minimum atomic E-state index is 0.203. The molecule has 0 spiro atoms. The predicted octanol–water partition coefficient (Wildman–Crippen LogP) is 2.06. The average Bonchev–Trinajstić information content (AvgIpc) is 2.24. The van der Waals surface area contributed by atoms with E-state index in [-0.39, 0.29) is 12.6 Å². The highest BCUT2D eigenvalue weighted by atomic mass is 16.3. The Bertz CT molecular complexity index is 293. The largest absolute Gasteiger partial charge is 0.394 e. The molecule has 1 heterocycles. The normalized spacial score (nSPS) is 19.9. The van der Waals surface area contributed by atoms with Gasteiger partial charge in [0.25, 0.3) is 0 Å². The molecule has 0 radical (unpaired) electrons. The van der Waals surface area contributed by atoms with Gasteiger partial charge in [-0.15, -0.1) is 0 Å². The first-order valence-corrected chi connectivity index (χ1v) is 5.75. The van der Waals surface area contributed by atoms with Crippen molar-refractivity contribution in [3.63, 3.8) is 0 Å². The van der Waals surface area contributed by atoms with Gasteiger partial charge in [-0.3, -0.25) is 4.90 Å². The van der Waals surface area contributed by atoms with Crippen LogP contribution in [-0.2, 0) is 0 Å². The van der Waals surface area contributed by atoms with Crippen LogP contribution in [0.15, 0.2) is 30.3 Å². The summed E-state index contributed by atoms with van der Waals surface area (Å²) in [5.74, 6) is 0.836. The van der Waals surface area contributed by atoms with E-state index in [0.717, 1.165) is 19.0 Å². The minimum absolute atomic E-state index is 0.203. The van der Waals surface area contributed by atoms with Crippen LogP contribution in [0.4, 0.5) is 0 Å². The molecular weight excluding hydrogens is 186 g/mol. The highest BCUT2D eigenvalue weighted by Crippen LogP contribution is 2.29. The second-order valence-corrected chi connectivity index (χ2v) is 4.34. The van der Waals surface area contributed by atoms with Crippen molar-refractivity contribution in [2.45, 2.75) is 19.4 Å². The first-order chi connectivity index (χ1) is 7.35. The quantitative estimate of drug-likeness (QED) is 0.813. The van der Waals surface area contributed by atoms with E-state index in [1.165, 1.54) is 12.0 Å². The molecular formula is C13H19NO. The molecule has 1 atom stereocenters. The van der Waals surface area contributed by atoms with E-state index in [9.17, 15) is 5.11 Å². The number of hydrogen-bond acceptors (Lipinski definition) is 2. The van der Waals surface area contributed by atoms with E-state index in [4.69, 9.17) is 0 Å². The van der Waals surface area contributed by atoms with E-state index in [0.29, 0.717) is 0 Å². The summed E-state index contributed by atoms with van der Waals surface area (Å²) in [6.45, 7) is 4.73. The van der Waals surface area contributed by atoms with Gasteiger partial charge in [0.15, 0.2) is 0 Å². The molecule has 1 saturated heterocycles. The molecule has 1 aromatic carbocycles. The summed E-state index contributed by atoms with van der Waals surface area (Å²) in [4.78, 5) is 2.36. The summed E-state index contributed by atoms with van der Waals surface area (Å²) in [7, 11) is 0. The Hall–Kier alpha value is -0.860.